The van der Waals surface area contributed by atoms with Gasteiger partial charge in [0.05, 0.1) is 15.8 Å². The monoisotopic (exact) mass is 401 g/mol. The molecule has 27 heavy (non-hydrogen) atoms. The van der Waals surface area contributed by atoms with E-state index in [1.54, 1.807) is 73.7 Å². The molecule has 0 amide bonds. The second-order valence-corrected chi connectivity index (χ2v) is 9.81. The van der Waals surface area contributed by atoms with Crippen LogP contribution in [0.25, 0.3) is 0 Å². The predicted molar refractivity (Wildman–Crippen MR) is 104 cm³/mol. The quantitative estimate of drug-likeness (QED) is 0.629. The van der Waals surface area contributed by atoms with Crippen molar-refractivity contribution in [2.75, 3.05) is 0 Å². The van der Waals surface area contributed by atoms with Crippen LogP contribution in [0, 0.1) is 0 Å². The molecule has 0 fully saturated rings. The Kier molecular flexibility index (Phi) is 5.46. The highest BCUT2D eigenvalue weighted by atomic mass is 32.3. The second-order valence-electron chi connectivity index (χ2n) is 5.95. The van der Waals surface area contributed by atoms with Crippen LogP contribution in [0.4, 0.5) is 0 Å². The maximum atomic E-state index is 13.3. The normalized spacial score (nSPS) is 13.4. The van der Waals surface area contributed by atoms with Crippen molar-refractivity contribution in [3.63, 3.8) is 0 Å². The Balaban J connectivity index is 2.22. The average Bonchev–Trinajstić information content (AvgIpc) is 2.69. The van der Waals surface area contributed by atoms with E-state index < -0.39 is 26.1 Å². The summed E-state index contributed by atoms with van der Waals surface area (Å²) in [6.07, 6.45) is 0. The number of rotatable bonds is 6. The third kappa shape index (κ3) is 3.80. The number of nitrogens with zero attached hydrogens (tertiary/aromatic N) is 1. The van der Waals surface area contributed by atoms with E-state index in [0.29, 0.717) is 9.27 Å². The topological polar surface area (TPSA) is 71.5 Å². The lowest BCUT2D eigenvalue weighted by Crippen LogP contribution is -2.38. The zero-order valence-corrected chi connectivity index (χ0v) is 16.3. The molecule has 0 heterocycles. The van der Waals surface area contributed by atoms with Gasteiger partial charge in [-0.3, -0.25) is 0 Å². The molecule has 3 aromatic carbocycles. The van der Waals surface area contributed by atoms with Crippen molar-refractivity contribution in [2.24, 2.45) is 0 Å². The molecule has 0 spiro atoms. The molecule has 0 aliphatic carbocycles. The molecule has 0 unspecified atom stereocenters. The van der Waals surface area contributed by atoms with E-state index in [-0.39, 0.29) is 9.79 Å². The van der Waals surface area contributed by atoms with Crippen molar-refractivity contribution in [1.29, 1.82) is 0 Å². The van der Waals surface area contributed by atoms with E-state index in [2.05, 4.69) is 0 Å². The molecular formula is C20H19NO4S2. The molecule has 3 rings (SSSR count). The Morgan fingerprint density at radius 3 is 1.30 bits per heavy atom. The highest BCUT2D eigenvalue weighted by molar-refractivity contribution is 8.04. The molecule has 140 valence electrons. The fraction of sp³-hybridized carbons (Fsp3) is 0.100. The van der Waals surface area contributed by atoms with Gasteiger partial charge in [0.2, 0.25) is 0 Å². The van der Waals surface area contributed by atoms with Gasteiger partial charge in [0.15, 0.2) is 0 Å². The van der Waals surface area contributed by atoms with Crippen molar-refractivity contribution in [3.05, 3.63) is 96.6 Å². The van der Waals surface area contributed by atoms with Gasteiger partial charge in [0.25, 0.3) is 20.0 Å². The second kappa shape index (κ2) is 7.64. The summed E-state index contributed by atoms with van der Waals surface area (Å²) in [4.78, 5) is -0.153. The Morgan fingerprint density at radius 1 is 0.593 bits per heavy atom. The molecule has 0 saturated heterocycles. The van der Waals surface area contributed by atoms with E-state index >= 15 is 0 Å². The summed E-state index contributed by atoms with van der Waals surface area (Å²) in [7, 11) is -8.62. The van der Waals surface area contributed by atoms with E-state index in [4.69, 9.17) is 0 Å². The lowest BCUT2D eigenvalue weighted by atomic mass is 10.1. The first-order valence-corrected chi connectivity index (χ1v) is 11.2. The molecule has 0 aliphatic heterocycles. The molecule has 5 nitrogen and oxygen atoms in total. The first-order valence-electron chi connectivity index (χ1n) is 8.30. The van der Waals surface area contributed by atoms with Gasteiger partial charge in [-0.15, -0.1) is 0 Å². The summed E-state index contributed by atoms with van der Waals surface area (Å²) < 4.78 is 53.9. The van der Waals surface area contributed by atoms with E-state index in [9.17, 15) is 16.8 Å². The van der Waals surface area contributed by atoms with Crippen LogP contribution in [0.3, 0.4) is 0 Å². The molecule has 7 heteroatoms. The van der Waals surface area contributed by atoms with Crippen LogP contribution in [0.2, 0.25) is 0 Å². The fourth-order valence-electron chi connectivity index (χ4n) is 2.79. The maximum Gasteiger partial charge on any atom is 0.256 e. The zero-order chi connectivity index (χ0) is 19.5. The van der Waals surface area contributed by atoms with E-state index in [0.717, 1.165) is 0 Å². The minimum absolute atomic E-state index is 0.0766. The minimum Gasteiger partial charge on any atom is -0.206 e. The lowest BCUT2D eigenvalue weighted by Gasteiger charge is -2.28. The zero-order valence-electron chi connectivity index (χ0n) is 14.6. The SMILES string of the molecule is C[C@H](c1ccccc1)N(S(=O)(=O)c1ccccc1)S(=O)(=O)c1ccccc1. The highest BCUT2D eigenvalue weighted by Gasteiger charge is 2.40. The molecule has 0 bridgehead atoms. The Morgan fingerprint density at radius 2 is 0.926 bits per heavy atom. The van der Waals surface area contributed by atoms with Gasteiger partial charge in [-0.2, -0.15) is 0 Å². The summed E-state index contributed by atoms with van der Waals surface area (Å²) in [5.41, 5.74) is 0.580. The van der Waals surface area contributed by atoms with Crippen molar-refractivity contribution in [3.8, 4) is 0 Å². The Labute approximate surface area is 160 Å². The maximum absolute atomic E-state index is 13.3. The van der Waals surface area contributed by atoms with Gasteiger partial charge < -0.3 is 0 Å². The molecule has 0 N–H and O–H groups in total. The molecule has 0 saturated carbocycles. The van der Waals surface area contributed by atoms with Gasteiger partial charge in [-0.25, -0.2) is 16.8 Å². The highest BCUT2D eigenvalue weighted by Crippen LogP contribution is 2.33. The van der Waals surface area contributed by atoms with Crippen LogP contribution in [0.15, 0.2) is 101 Å². The Hall–Kier alpha value is -2.48. The minimum atomic E-state index is -4.31. The third-order valence-corrected chi connectivity index (χ3v) is 8.65. The van der Waals surface area contributed by atoms with Gasteiger partial charge >= 0.3 is 0 Å². The summed E-state index contributed by atoms with van der Waals surface area (Å²) >= 11 is 0. The van der Waals surface area contributed by atoms with Crippen molar-refractivity contribution >= 4 is 20.0 Å². The first kappa shape index (κ1) is 19.3. The molecule has 0 radical (unpaired) electrons. The molecular weight excluding hydrogens is 382 g/mol. The van der Waals surface area contributed by atoms with Gasteiger partial charge in [-0.05, 0) is 36.8 Å². The smallest absolute Gasteiger partial charge is 0.206 e. The van der Waals surface area contributed by atoms with Gasteiger partial charge in [0.1, 0.15) is 0 Å². The average molecular weight is 402 g/mol. The first-order chi connectivity index (χ1) is 12.8. The van der Waals surface area contributed by atoms with Crippen LogP contribution >= 0.6 is 0 Å². The molecule has 0 aromatic heterocycles. The summed E-state index contributed by atoms with van der Waals surface area (Å²) in [6, 6.07) is 22.9. The van der Waals surface area contributed by atoms with Gasteiger partial charge in [0, 0.05) is 0 Å². The number of hydrogen-bond donors (Lipinski definition) is 0. The fourth-order valence-corrected chi connectivity index (χ4v) is 6.84. The summed E-state index contributed by atoms with van der Waals surface area (Å²) in [6.45, 7) is 1.57. The van der Waals surface area contributed by atoms with E-state index in [1.165, 1.54) is 24.3 Å². The van der Waals surface area contributed by atoms with Crippen LogP contribution < -0.4 is 0 Å². The van der Waals surface area contributed by atoms with E-state index in [1.807, 2.05) is 0 Å². The number of benzene rings is 3. The van der Waals surface area contributed by atoms with Crippen LogP contribution in [0.5, 0.6) is 0 Å². The summed E-state index contributed by atoms with van der Waals surface area (Å²) in [5, 5.41) is 0. The predicted octanol–water partition coefficient (Wildman–Crippen LogP) is 3.83. The molecule has 1 atom stereocenters. The number of sulfonamides is 2. The van der Waals surface area contributed by atoms with Crippen LogP contribution in [0.1, 0.15) is 18.5 Å². The molecule has 3 aromatic rings. The summed E-state index contributed by atoms with van der Waals surface area (Å²) in [5.74, 6) is 0. The molecule has 0 aliphatic rings. The van der Waals surface area contributed by atoms with Crippen LogP contribution in [-0.4, -0.2) is 20.5 Å². The van der Waals surface area contributed by atoms with Crippen molar-refractivity contribution in [2.45, 2.75) is 22.8 Å². The van der Waals surface area contributed by atoms with Crippen molar-refractivity contribution < 1.29 is 16.8 Å². The van der Waals surface area contributed by atoms with Gasteiger partial charge in [-0.1, -0.05) is 70.4 Å². The Bertz CT molecular complexity index is 1030. The standard InChI is InChI=1S/C20H19NO4S2/c1-17(18-11-5-2-6-12-18)21(26(22,23)19-13-7-3-8-14-19)27(24,25)20-15-9-4-10-16-20/h2-17H,1H3/t17-/m1/s1. The number of hydrogen-bond acceptors (Lipinski definition) is 4. The lowest BCUT2D eigenvalue weighted by molar-refractivity contribution is 0.448. The van der Waals surface area contributed by atoms with Crippen molar-refractivity contribution in [1.82, 2.24) is 3.71 Å². The largest absolute Gasteiger partial charge is 0.256 e. The third-order valence-electron chi connectivity index (χ3n) is 4.15. The van der Waals surface area contributed by atoms with Crippen LogP contribution in [-0.2, 0) is 20.0 Å².